The highest BCUT2D eigenvalue weighted by molar-refractivity contribution is 5.47. The van der Waals surface area contributed by atoms with Crippen LogP contribution in [0.25, 0.3) is 0 Å². The molecule has 1 saturated carbocycles. The quantitative estimate of drug-likeness (QED) is 0.917. The fourth-order valence-electron chi connectivity index (χ4n) is 3.46. The van der Waals surface area contributed by atoms with Crippen molar-refractivity contribution in [3.8, 4) is 5.75 Å². The Balaban J connectivity index is 1.91. The van der Waals surface area contributed by atoms with Crippen LogP contribution in [0, 0.1) is 0 Å². The van der Waals surface area contributed by atoms with E-state index in [1.165, 1.54) is 30.4 Å². The molecule has 3 heteroatoms. The van der Waals surface area contributed by atoms with Gasteiger partial charge in [-0.3, -0.25) is 4.90 Å². The predicted octanol–water partition coefficient (Wildman–Crippen LogP) is 2.88. The zero-order valence-corrected chi connectivity index (χ0v) is 12.9. The average Bonchev–Trinajstić information content (AvgIpc) is 2.62. The second kappa shape index (κ2) is 5.05. The highest BCUT2D eigenvalue weighted by atomic mass is 16.5. The van der Waals surface area contributed by atoms with E-state index >= 15 is 0 Å². The number of benzene rings is 1. The van der Waals surface area contributed by atoms with E-state index in [-0.39, 0.29) is 11.6 Å². The molecule has 2 aliphatic rings. The minimum atomic E-state index is -0.0906. The van der Waals surface area contributed by atoms with E-state index in [9.17, 15) is 0 Å². The molecule has 1 aromatic carbocycles. The Hall–Kier alpha value is -1.06. The van der Waals surface area contributed by atoms with Crippen molar-refractivity contribution in [3.05, 3.63) is 29.3 Å². The third kappa shape index (κ3) is 2.33. The molecule has 1 unspecified atom stereocenters. The van der Waals surface area contributed by atoms with Crippen molar-refractivity contribution in [2.45, 2.75) is 57.2 Å². The summed E-state index contributed by atoms with van der Waals surface area (Å²) in [6.45, 7) is 4.96. The Morgan fingerprint density at radius 3 is 2.75 bits per heavy atom. The van der Waals surface area contributed by atoms with Gasteiger partial charge in [0.25, 0.3) is 0 Å². The maximum absolute atomic E-state index is 6.21. The topological polar surface area (TPSA) is 38.5 Å². The van der Waals surface area contributed by atoms with Crippen LogP contribution in [0.2, 0.25) is 0 Å². The van der Waals surface area contributed by atoms with Crippen LogP contribution < -0.4 is 10.5 Å². The second-order valence-corrected chi connectivity index (χ2v) is 6.88. The van der Waals surface area contributed by atoms with Gasteiger partial charge in [-0.1, -0.05) is 24.6 Å². The van der Waals surface area contributed by atoms with Gasteiger partial charge in [0.2, 0.25) is 0 Å². The summed E-state index contributed by atoms with van der Waals surface area (Å²) >= 11 is 0. The molecule has 1 aliphatic carbocycles. The highest BCUT2D eigenvalue weighted by Crippen LogP contribution is 2.42. The molecule has 1 fully saturated rings. The van der Waals surface area contributed by atoms with Gasteiger partial charge in [0.1, 0.15) is 11.4 Å². The van der Waals surface area contributed by atoms with Gasteiger partial charge in [-0.05, 0) is 39.3 Å². The monoisotopic (exact) mass is 274 g/mol. The number of fused-ring (bicyclic) bond motifs is 1. The maximum Gasteiger partial charge on any atom is 0.128 e. The van der Waals surface area contributed by atoms with Gasteiger partial charge in [0.05, 0.1) is 6.04 Å². The van der Waals surface area contributed by atoms with Crippen LogP contribution in [0.4, 0.5) is 0 Å². The van der Waals surface area contributed by atoms with Gasteiger partial charge in [0, 0.05) is 24.6 Å². The van der Waals surface area contributed by atoms with Crippen LogP contribution in [-0.2, 0) is 6.42 Å². The fraction of sp³-hybridized carbons (Fsp3) is 0.647. The lowest BCUT2D eigenvalue weighted by atomic mass is 9.89. The fourth-order valence-corrected chi connectivity index (χ4v) is 3.46. The molecule has 20 heavy (non-hydrogen) atoms. The van der Waals surface area contributed by atoms with Crippen LogP contribution >= 0.6 is 0 Å². The predicted molar refractivity (Wildman–Crippen MR) is 82.1 cm³/mol. The lowest BCUT2D eigenvalue weighted by molar-refractivity contribution is 0.104. The minimum Gasteiger partial charge on any atom is -0.487 e. The molecule has 1 heterocycles. The molecular formula is C17H26N2O. The second-order valence-electron chi connectivity index (χ2n) is 6.88. The van der Waals surface area contributed by atoms with Crippen molar-refractivity contribution in [1.29, 1.82) is 0 Å². The summed E-state index contributed by atoms with van der Waals surface area (Å²) in [5.74, 6) is 1.08. The summed E-state index contributed by atoms with van der Waals surface area (Å²) < 4.78 is 6.21. The number of hydrogen-bond acceptors (Lipinski definition) is 3. The van der Waals surface area contributed by atoms with Crippen LogP contribution in [-0.4, -0.2) is 30.1 Å². The number of likely N-dealkylation sites (N-methyl/N-ethyl adjacent to an activating group) is 1. The molecule has 0 radical (unpaired) electrons. The molecule has 2 N–H and O–H groups in total. The zero-order valence-electron chi connectivity index (χ0n) is 12.9. The third-order valence-electron chi connectivity index (χ3n) is 4.85. The van der Waals surface area contributed by atoms with Crippen molar-refractivity contribution in [3.63, 3.8) is 0 Å². The summed E-state index contributed by atoms with van der Waals surface area (Å²) in [7, 11) is 2.21. The summed E-state index contributed by atoms with van der Waals surface area (Å²) in [6, 6.07) is 7.48. The number of ether oxygens (including phenoxy) is 1. The van der Waals surface area contributed by atoms with Crippen molar-refractivity contribution >= 4 is 0 Å². The number of hydrogen-bond donors (Lipinski definition) is 1. The van der Waals surface area contributed by atoms with Crippen molar-refractivity contribution in [2.75, 3.05) is 13.6 Å². The summed E-state index contributed by atoms with van der Waals surface area (Å²) in [6.07, 6.45) is 4.94. The molecular weight excluding hydrogens is 248 g/mol. The van der Waals surface area contributed by atoms with Crippen LogP contribution in [0.3, 0.4) is 0 Å². The Morgan fingerprint density at radius 1 is 1.40 bits per heavy atom. The summed E-state index contributed by atoms with van der Waals surface area (Å²) in [5.41, 5.74) is 8.59. The van der Waals surface area contributed by atoms with E-state index in [0.29, 0.717) is 12.6 Å². The number of rotatable bonds is 4. The first-order chi connectivity index (χ1) is 9.52. The van der Waals surface area contributed by atoms with E-state index in [2.05, 4.69) is 44.0 Å². The van der Waals surface area contributed by atoms with Crippen molar-refractivity contribution in [1.82, 2.24) is 4.90 Å². The zero-order chi connectivity index (χ0) is 14.3. The molecule has 3 rings (SSSR count). The van der Waals surface area contributed by atoms with Gasteiger partial charge < -0.3 is 10.5 Å². The van der Waals surface area contributed by atoms with Gasteiger partial charge in [-0.25, -0.2) is 0 Å². The van der Waals surface area contributed by atoms with Crippen molar-refractivity contribution < 1.29 is 4.74 Å². The Bertz CT molecular complexity index is 494. The van der Waals surface area contributed by atoms with E-state index in [0.717, 1.165) is 12.2 Å². The first-order valence-corrected chi connectivity index (χ1v) is 7.74. The standard InChI is InChI=1S/C17H26N2O/c1-17(2)10-12-6-4-9-14(16(12)20-17)15(11-18)19(3)13-7-5-8-13/h4,6,9,13,15H,5,7-8,10-11,18H2,1-3H3. The minimum absolute atomic E-state index is 0.0906. The molecule has 0 amide bonds. The van der Waals surface area contributed by atoms with Crippen LogP contribution in [0.15, 0.2) is 18.2 Å². The first kappa shape index (κ1) is 13.9. The molecule has 3 nitrogen and oxygen atoms in total. The average molecular weight is 274 g/mol. The molecule has 0 spiro atoms. The molecule has 110 valence electrons. The molecule has 0 aromatic heterocycles. The number of nitrogens with zero attached hydrogens (tertiary/aromatic N) is 1. The van der Waals surface area contributed by atoms with Crippen molar-refractivity contribution in [2.24, 2.45) is 5.73 Å². The Morgan fingerprint density at radius 2 is 2.15 bits per heavy atom. The summed E-state index contributed by atoms with van der Waals surface area (Å²) in [5, 5.41) is 0. The van der Waals surface area contributed by atoms with E-state index in [1.807, 2.05) is 0 Å². The largest absolute Gasteiger partial charge is 0.487 e. The van der Waals surface area contributed by atoms with E-state index in [1.54, 1.807) is 0 Å². The third-order valence-corrected chi connectivity index (χ3v) is 4.85. The number of nitrogens with two attached hydrogens (primary N) is 1. The lowest BCUT2D eigenvalue weighted by Crippen LogP contribution is -2.42. The van der Waals surface area contributed by atoms with Crippen LogP contribution in [0.1, 0.15) is 50.3 Å². The smallest absolute Gasteiger partial charge is 0.128 e. The van der Waals surface area contributed by atoms with Gasteiger partial charge in [-0.2, -0.15) is 0 Å². The normalized spacial score (nSPS) is 22.2. The van der Waals surface area contributed by atoms with Gasteiger partial charge >= 0.3 is 0 Å². The van der Waals surface area contributed by atoms with E-state index < -0.39 is 0 Å². The maximum atomic E-state index is 6.21. The van der Waals surface area contributed by atoms with Gasteiger partial charge in [-0.15, -0.1) is 0 Å². The Labute approximate surface area is 122 Å². The number of para-hydroxylation sites is 1. The Kier molecular flexibility index (Phi) is 3.51. The molecule has 1 atom stereocenters. The molecule has 0 bridgehead atoms. The van der Waals surface area contributed by atoms with E-state index in [4.69, 9.17) is 10.5 Å². The van der Waals surface area contributed by atoms with Gasteiger partial charge in [0.15, 0.2) is 0 Å². The SMILES string of the molecule is CN(C1CCC1)C(CN)c1cccc2c1OC(C)(C)C2. The highest BCUT2D eigenvalue weighted by Gasteiger charge is 2.35. The summed E-state index contributed by atoms with van der Waals surface area (Å²) in [4.78, 5) is 2.45. The molecule has 1 aromatic rings. The van der Waals surface area contributed by atoms with Crippen LogP contribution in [0.5, 0.6) is 5.75 Å². The lowest BCUT2D eigenvalue weighted by Gasteiger charge is -2.40. The molecule has 1 aliphatic heterocycles. The first-order valence-electron chi connectivity index (χ1n) is 7.74. The molecule has 0 saturated heterocycles.